The maximum atomic E-state index is 11.7. The molecule has 1 saturated heterocycles. The number of aromatic nitrogens is 3. The molecule has 0 aromatic carbocycles. The Labute approximate surface area is 93.9 Å². The van der Waals surface area contributed by atoms with E-state index < -0.39 is 0 Å². The first-order valence-electron chi connectivity index (χ1n) is 5.37. The van der Waals surface area contributed by atoms with E-state index in [2.05, 4.69) is 10.2 Å². The van der Waals surface area contributed by atoms with Gasteiger partial charge in [-0.1, -0.05) is 0 Å². The van der Waals surface area contributed by atoms with Crippen LogP contribution in [0.25, 0.3) is 0 Å². The van der Waals surface area contributed by atoms with Crippen molar-refractivity contribution in [2.75, 3.05) is 13.2 Å². The van der Waals surface area contributed by atoms with Crippen LogP contribution in [0.3, 0.4) is 0 Å². The van der Waals surface area contributed by atoms with Crippen LogP contribution in [0.15, 0.2) is 6.33 Å². The summed E-state index contributed by atoms with van der Waals surface area (Å²) in [4.78, 5) is 13.5. The predicted molar refractivity (Wildman–Crippen MR) is 56.3 cm³/mol. The highest BCUT2D eigenvalue weighted by Crippen LogP contribution is 2.26. The van der Waals surface area contributed by atoms with Gasteiger partial charge < -0.3 is 14.6 Å². The van der Waals surface area contributed by atoms with Crippen molar-refractivity contribution in [2.24, 2.45) is 13.0 Å². The summed E-state index contributed by atoms with van der Waals surface area (Å²) in [5.74, 6) is 0.907. The van der Waals surface area contributed by atoms with Gasteiger partial charge in [-0.3, -0.25) is 4.79 Å². The highest BCUT2D eigenvalue weighted by atomic mass is 16.3. The maximum absolute atomic E-state index is 11.7. The van der Waals surface area contributed by atoms with Crippen LogP contribution in [0, 0.1) is 5.92 Å². The van der Waals surface area contributed by atoms with Gasteiger partial charge in [0.2, 0.25) is 5.91 Å². The molecule has 16 heavy (non-hydrogen) atoms. The molecule has 1 amide bonds. The zero-order chi connectivity index (χ0) is 11.7. The molecule has 1 N–H and O–H groups in total. The van der Waals surface area contributed by atoms with E-state index in [1.54, 1.807) is 11.2 Å². The van der Waals surface area contributed by atoms with E-state index in [1.807, 2.05) is 18.5 Å². The monoisotopic (exact) mass is 224 g/mol. The molecule has 6 heteroatoms. The molecule has 0 radical (unpaired) electrons. The molecule has 88 valence electrons. The second-order valence-corrected chi connectivity index (χ2v) is 4.27. The molecule has 0 bridgehead atoms. The van der Waals surface area contributed by atoms with Gasteiger partial charge >= 0.3 is 0 Å². The van der Waals surface area contributed by atoms with Crippen molar-refractivity contribution >= 4 is 5.91 Å². The largest absolute Gasteiger partial charge is 0.396 e. The number of rotatable bonds is 3. The Morgan fingerprint density at radius 1 is 1.69 bits per heavy atom. The minimum atomic E-state index is -0.0865. The number of nitrogens with zero attached hydrogens (tertiary/aromatic N) is 4. The van der Waals surface area contributed by atoms with Gasteiger partial charge in [0, 0.05) is 32.5 Å². The summed E-state index contributed by atoms with van der Waals surface area (Å²) < 4.78 is 1.81. The summed E-state index contributed by atoms with van der Waals surface area (Å²) in [6.45, 7) is 2.60. The summed E-state index contributed by atoms with van der Waals surface area (Å²) >= 11 is 0. The Balaban J connectivity index is 2.14. The predicted octanol–water partition coefficient (Wildman–Crippen LogP) is -0.283. The van der Waals surface area contributed by atoms with Gasteiger partial charge in [0.05, 0.1) is 6.04 Å². The van der Waals surface area contributed by atoms with Crippen molar-refractivity contribution in [1.82, 2.24) is 19.7 Å². The fraction of sp³-hybridized carbons (Fsp3) is 0.700. The van der Waals surface area contributed by atoms with Crippen LogP contribution in [0.1, 0.15) is 25.2 Å². The van der Waals surface area contributed by atoms with Crippen molar-refractivity contribution in [3.63, 3.8) is 0 Å². The van der Waals surface area contributed by atoms with Crippen LogP contribution in [0.5, 0.6) is 0 Å². The fourth-order valence-corrected chi connectivity index (χ4v) is 2.11. The average Bonchev–Trinajstić information content (AvgIpc) is 2.83. The lowest BCUT2D eigenvalue weighted by atomic mass is 10.1. The first-order valence-corrected chi connectivity index (χ1v) is 5.37. The third kappa shape index (κ3) is 1.80. The SMILES string of the molecule is CC(c1nncn1C)N1CC(CO)CC1=O. The van der Waals surface area contributed by atoms with Crippen molar-refractivity contribution in [3.05, 3.63) is 12.2 Å². The highest BCUT2D eigenvalue weighted by molar-refractivity contribution is 5.79. The summed E-state index contributed by atoms with van der Waals surface area (Å²) in [5.41, 5.74) is 0. The van der Waals surface area contributed by atoms with Crippen LogP contribution in [-0.4, -0.2) is 43.8 Å². The first kappa shape index (κ1) is 11.1. The number of likely N-dealkylation sites (tertiary alicyclic amines) is 1. The first-order chi connectivity index (χ1) is 7.63. The van der Waals surface area contributed by atoms with Gasteiger partial charge in [0.15, 0.2) is 5.82 Å². The second kappa shape index (κ2) is 4.21. The Bertz CT molecular complexity index is 390. The van der Waals surface area contributed by atoms with E-state index in [4.69, 9.17) is 5.11 Å². The summed E-state index contributed by atoms with van der Waals surface area (Å²) in [5, 5.41) is 16.9. The lowest BCUT2D eigenvalue weighted by molar-refractivity contribution is -0.129. The Morgan fingerprint density at radius 3 is 2.94 bits per heavy atom. The number of carbonyl (C=O) groups excluding carboxylic acids is 1. The van der Waals surface area contributed by atoms with Gasteiger partial charge in [0.25, 0.3) is 0 Å². The smallest absolute Gasteiger partial charge is 0.223 e. The van der Waals surface area contributed by atoms with Gasteiger partial charge in [-0.05, 0) is 6.92 Å². The molecular formula is C10H16N4O2. The van der Waals surface area contributed by atoms with Gasteiger partial charge in [-0.15, -0.1) is 10.2 Å². The zero-order valence-corrected chi connectivity index (χ0v) is 9.50. The molecule has 0 spiro atoms. The molecule has 2 heterocycles. The van der Waals surface area contributed by atoms with Crippen LogP contribution < -0.4 is 0 Å². The number of aryl methyl sites for hydroxylation is 1. The standard InChI is InChI=1S/C10H16N4O2/c1-7(10-12-11-6-13(10)2)14-4-8(5-15)3-9(14)16/h6-8,15H,3-5H2,1-2H3. The third-order valence-corrected chi connectivity index (χ3v) is 3.08. The topological polar surface area (TPSA) is 71.2 Å². The van der Waals surface area contributed by atoms with Crippen LogP contribution in [0.2, 0.25) is 0 Å². The molecule has 1 aromatic heterocycles. The minimum absolute atomic E-state index is 0.0585. The van der Waals surface area contributed by atoms with Crippen LogP contribution in [0.4, 0.5) is 0 Å². The fourth-order valence-electron chi connectivity index (χ4n) is 2.11. The maximum Gasteiger partial charge on any atom is 0.223 e. The summed E-state index contributed by atoms with van der Waals surface area (Å²) in [7, 11) is 1.86. The normalized spacial score (nSPS) is 22.8. The van der Waals surface area contributed by atoms with E-state index in [9.17, 15) is 4.79 Å². The Kier molecular flexibility index (Phi) is 2.91. The molecular weight excluding hydrogens is 208 g/mol. The Hall–Kier alpha value is -1.43. The number of aliphatic hydroxyl groups excluding tert-OH is 1. The molecule has 0 saturated carbocycles. The van der Waals surface area contributed by atoms with Crippen molar-refractivity contribution < 1.29 is 9.90 Å². The Morgan fingerprint density at radius 2 is 2.44 bits per heavy atom. The van der Waals surface area contributed by atoms with E-state index >= 15 is 0 Å². The van der Waals surface area contributed by atoms with Gasteiger partial charge in [0.1, 0.15) is 6.33 Å². The summed E-state index contributed by atoms with van der Waals surface area (Å²) in [6, 6.07) is -0.0865. The van der Waals surface area contributed by atoms with E-state index in [1.165, 1.54) is 0 Å². The zero-order valence-electron chi connectivity index (χ0n) is 9.50. The van der Waals surface area contributed by atoms with Crippen molar-refractivity contribution in [3.8, 4) is 0 Å². The average molecular weight is 224 g/mol. The lowest BCUT2D eigenvalue weighted by Gasteiger charge is -2.23. The quantitative estimate of drug-likeness (QED) is 0.766. The molecule has 1 fully saturated rings. The number of aliphatic hydroxyl groups is 1. The summed E-state index contributed by atoms with van der Waals surface area (Å²) in [6.07, 6.45) is 2.05. The minimum Gasteiger partial charge on any atom is -0.396 e. The van der Waals surface area contributed by atoms with E-state index in [0.717, 1.165) is 5.82 Å². The second-order valence-electron chi connectivity index (χ2n) is 4.27. The number of hydrogen-bond donors (Lipinski definition) is 1. The highest BCUT2D eigenvalue weighted by Gasteiger charge is 2.34. The molecule has 6 nitrogen and oxygen atoms in total. The van der Waals surface area contributed by atoms with Gasteiger partial charge in [-0.2, -0.15) is 0 Å². The number of hydrogen-bond acceptors (Lipinski definition) is 4. The van der Waals surface area contributed by atoms with Crippen molar-refractivity contribution in [1.29, 1.82) is 0 Å². The van der Waals surface area contributed by atoms with Gasteiger partial charge in [-0.25, -0.2) is 0 Å². The molecule has 2 rings (SSSR count). The van der Waals surface area contributed by atoms with Crippen LogP contribution in [-0.2, 0) is 11.8 Å². The van der Waals surface area contributed by atoms with E-state index in [-0.39, 0.29) is 24.5 Å². The third-order valence-electron chi connectivity index (χ3n) is 3.08. The van der Waals surface area contributed by atoms with Crippen molar-refractivity contribution in [2.45, 2.75) is 19.4 Å². The molecule has 1 aromatic rings. The molecule has 2 unspecified atom stereocenters. The molecule has 2 atom stereocenters. The lowest BCUT2D eigenvalue weighted by Crippen LogP contribution is -2.30. The number of amides is 1. The molecule has 0 aliphatic carbocycles. The van der Waals surface area contributed by atoms with E-state index in [0.29, 0.717) is 13.0 Å². The number of carbonyl (C=O) groups is 1. The molecule has 1 aliphatic rings. The molecule has 1 aliphatic heterocycles. The van der Waals surface area contributed by atoms with Crippen LogP contribution >= 0.6 is 0 Å².